The quantitative estimate of drug-likeness (QED) is 0.608. The molecule has 2 heterocycles. The van der Waals surface area contributed by atoms with Gasteiger partial charge in [0.25, 0.3) is 0 Å². The molecular weight excluding hydrogens is 304 g/mol. The van der Waals surface area contributed by atoms with E-state index >= 15 is 0 Å². The van der Waals surface area contributed by atoms with Crippen molar-refractivity contribution >= 4 is 17.0 Å². The van der Waals surface area contributed by atoms with Crippen LogP contribution in [0.1, 0.15) is 29.0 Å². The molecule has 0 fully saturated rings. The van der Waals surface area contributed by atoms with E-state index in [4.69, 9.17) is 4.42 Å². The normalized spacial score (nSPS) is 10.9. The second kappa shape index (κ2) is 7.21. The zero-order valence-corrected chi connectivity index (χ0v) is 14.0. The number of fused-ring (bicyclic) bond motifs is 1. The number of hydrogen-bond acceptors (Lipinski definition) is 3. The second-order valence-electron chi connectivity index (χ2n) is 5.88. The zero-order valence-electron chi connectivity index (χ0n) is 14.0. The Morgan fingerprint density at radius 2 is 2.08 bits per heavy atom. The van der Waals surface area contributed by atoms with E-state index in [-0.39, 0.29) is 6.03 Å². The number of benzene rings is 1. The lowest BCUT2D eigenvalue weighted by Crippen LogP contribution is -2.35. The minimum absolute atomic E-state index is 0.182. The van der Waals surface area contributed by atoms with Crippen molar-refractivity contribution in [3.8, 4) is 0 Å². The highest BCUT2D eigenvalue weighted by molar-refractivity contribution is 5.82. The molecule has 0 saturated carbocycles. The molecule has 0 radical (unpaired) electrons. The van der Waals surface area contributed by atoms with E-state index in [0.717, 1.165) is 40.8 Å². The summed E-state index contributed by atoms with van der Waals surface area (Å²) < 4.78 is 5.78. The number of furan rings is 1. The Morgan fingerprint density at radius 1 is 1.25 bits per heavy atom. The molecule has 0 spiro atoms. The lowest BCUT2D eigenvalue weighted by atomic mass is 10.1. The van der Waals surface area contributed by atoms with E-state index in [9.17, 15) is 4.79 Å². The largest absolute Gasteiger partial charge is 0.459 e. The Balaban J connectivity index is 1.43. The summed E-state index contributed by atoms with van der Waals surface area (Å²) in [6.45, 7) is 5.01. The summed E-state index contributed by atoms with van der Waals surface area (Å²) in [5, 5.41) is 13.7. The Hall–Kier alpha value is -2.76. The highest BCUT2D eigenvalue weighted by Crippen LogP contribution is 2.24. The van der Waals surface area contributed by atoms with E-state index in [1.165, 1.54) is 5.56 Å². The summed E-state index contributed by atoms with van der Waals surface area (Å²) in [6.07, 6.45) is 3.60. The van der Waals surface area contributed by atoms with Gasteiger partial charge in [-0.25, -0.2) is 4.79 Å². The van der Waals surface area contributed by atoms with E-state index in [1.807, 2.05) is 44.3 Å². The molecule has 0 saturated heterocycles. The average Bonchev–Trinajstić information content (AvgIpc) is 3.14. The van der Waals surface area contributed by atoms with Crippen molar-refractivity contribution in [2.24, 2.45) is 0 Å². The molecule has 0 unspecified atom stereocenters. The van der Waals surface area contributed by atoms with Crippen LogP contribution in [0.3, 0.4) is 0 Å². The van der Waals surface area contributed by atoms with Gasteiger partial charge >= 0.3 is 6.03 Å². The SMILES string of the molecule is Cc1[nH]ncc1CCCNC(=O)NCc1oc2ccccc2c1C. The van der Waals surface area contributed by atoms with Gasteiger partial charge in [-0.15, -0.1) is 0 Å². The number of para-hydroxylation sites is 1. The van der Waals surface area contributed by atoms with Gasteiger partial charge in [0.15, 0.2) is 0 Å². The summed E-state index contributed by atoms with van der Waals surface area (Å²) in [4.78, 5) is 11.9. The molecule has 6 nitrogen and oxygen atoms in total. The fraction of sp³-hybridized carbons (Fsp3) is 0.333. The topological polar surface area (TPSA) is 83.0 Å². The van der Waals surface area contributed by atoms with Crippen molar-refractivity contribution in [2.45, 2.75) is 33.2 Å². The van der Waals surface area contributed by atoms with Crippen molar-refractivity contribution in [3.63, 3.8) is 0 Å². The number of aromatic amines is 1. The molecule has 0 bridgehead atoms. The third kappa shape index (κ3) is 3.59. The first-order chi connectivity index (χ1) is 11.6. The van der Waals surface area contributed by atoms with E-state index in [1.54, 1.807) is 0 Å². The smallest absolute Gasteiger partial charge is 0.315 e. The number of nitrogens with one attached hydrogen (secondary N) is 3. The molecule has 1 aromatic carbocycles. The Labute approximate surface area is 140 Å². The summed E-state index contributed by atoms with van der Waals surface area (Å²) in [6, 6.07) is 7.70. The molecule has 2 aromatic heterocycles. The predicted octanol–water partition coefficient (Wildman–Crippen LogP) is 3.20. The highest BCUT2D eigenvalue weighted by Gasteiger charge is 2.10. The standard InChI is InChI=1S/C18H22N4O2/c1-12-15-7-3-4-8-16(15)24-17(12)11-20-18(23)19-9-5-6-14-10-21-22-13(14)2/h3-4,7-8,10H,5-6,9,11H2,1-2H3,(H,21,22)(H2,19,20,23). The minimum atomic E-state index is -0.182. The van der Waals surface area contributed by atoms with Crippen LogP contribution in [0.15, 0.2) is 34.9 Å². The molecule has 2 amide bonds. The van der Waals surface area contributed by atoms with Crippen LogP contribution in [-0.2, 0) is 13.0 Å². The number of amides is 2. The monoisotopic (exact) mass is 326 g/mol. The van der Waals surface area contributed by atoms with Gasteiger partial charge in [-0.1, -0.05) is 18.2 Å². The van der Waals surface area contributed by atoms with Crippen molar-refractivity contribution in [2.75, 3.05) is 6.54 Å². The van der Waals surface area contributed by atoms with Gasteiger partial charge < -0.3 is 15.1 Å². The van der Waals surface area contributed by atoms with Crippen LogP contribution in [0.4, 0.5) is 4.79 Å². The predicted molar refractivity (Wildman–Crippen MR) is 92.8 cm³/mol. The van der Waals surface area contributed by atoms with E-state index in [2.05, 4.69) is 20.8 Å². The fourth-order valence-corrected chi connectivity index (χ4v) is 2.73. The number of H-pyrrole nitrogens is 1. The van der Waals surface area contributed by atoms with Crippen LogP contribution >= 0.6 is 0 Å². The van der Waals surface area contributed by atoms with Crippen molar-refractivity contribution in [1.29, 1.82) is 0 Å². The maximum atomic E-state index is 11.9. The first kappa shape index (κ1) is 16.1. The Kier molecular flexibility index (Phi) is 4.84. The molecule has 24 heavy (non-hydrogen) atoms. The van der Waals surface area contributed by atoms with Crippen LogP contribution in [0.2, 0.25) is 0 Å². The summed E-state index contributed by atoms with van der Waals surface area (Å²) in [5.74, 6) is 0.792. The van der Waals surface area contributed by atoms with Crippen molar-refractivity contribution in [3.05, 3.63) is 53.0 Å². The number of aromatic nitrogens is 2. The number of rotatable bonds is 6. The number of carbonyl (C=O) groups excluding carboxylic acids is 1. The lowest BCUT2D eigenvalue weighted by molar-refractivity contribution is 0.239. The van der Waals surface area contributed by atoms with Crippen LogP contribution in [0.25, 0.3) is 11.0 Å². The average molecular weight is 326 g/mol. The van der Waals surface area contributed by atoms with Gasteiger partial charge in [0.05, 0.1) is 12.7 Å². The maximum Gasteiger partial charge on any atom is 0.315 e. The fourth-order valence-electron chi connectivity index (χ4n) is 2.73. The molecule has 3 aromatic rings. The third-order valence-corrected chi connectivity index (χ3v) is 4.19. The van der Waals surface area contributed by atoms with Crippen LogP contribution < -0.4 is 10.6 Å². The molecule has 3 rings (SSSR count). The van der Waals surface area contributed by atoms with E-state index < -0.39 is 0 Å². The van der Waals surface area contributed by atoms with Crippen LogP contribution in [0.5, 0.6) is 0 Å². The van der Waals surface area contributed by atoms with Gasteiger partial charge in [-0.2, -0.15) is 5.10 Å². The summed E-state index contributed by atoms with van der Waals surface area (Å²) in [5.41, 5.74) is 4.19. The molecule has 6 heteroatoms. The summed E-state index contributed by atoms with van der Waals surface area (Å²) in [7, 11) is 0. The zero-order chi connectivity index (χ0) is 16.9. The highest BCUT2D eigenvalue weighted by atomic mass is 16.3. The number of aryl methyl sites for hydroxylation is 3. The number of hydrogen-bond donors (Lipinski definition) is 3. The Morgan fingerprint density at radius 3 is 2.83 bits per heavy atom. The van der Waals surface area contributed by atoms with E-state index in [0.29, 0.717) is 13.1 Å². The minimum Gasteiger partial charge on any atom is -0.459 e. The lowest BCUT2D eigenvalue weighted by Gasteiger charge is -2.06. The molecule has 0 aliphatic rings. The van der Waals surface area contributed by atoms with Crippen molar-refractivity contribution < 1.29 is 9.21 Å². The van der Waals surface area contributed by atoms with Gasteiger partial charge in [-0.3, -0.25) is 5.10 Å². The number of urea groups is 1. The molecular formula is C18H22N4O2. The molecule has 0 aliphatic heterocycles. The number of nitrogens with zero attached hydrogens (tertiary/aromatic N) is 1. The molecule has 0 atom stereocenters. The number of carbonyl (C=O) groups is 1. The van der Waals surface area contributed by atoms with Gasteiger partial charge in [-0.05, 0) is 38.3 Å². The van der Waals surface area contributed by atoms with Gasteiger partial charge in [0, 0.05) is 23.2 Å². The third-order valence-electron chi connectivity index (χ3n) is 4.19. The van der Waals surface area contributed by atoms with Crippen molar-refractivity contribution in [1.82, 2.24) is 20.8 Å². The van der Waals surface area contributed by atoms with Crippen LogP contribution in [-0.4, -0.2) is 22.8 Å². The Bertz CT molecular complexity index is 835. The molecule has 3 N–H and O–H groups in total. The summed E-state index contributed by atoms with van der Waals surface area (Å²) >= 11 is 0. The second-order valence-corrected chi connectivity index (χ2v) is 5.88. The van der Waals surface area contributed by atoms with Gasteiger partial charge in [0.1, 0.15) is 11.3 Å². The van der Waals surface area contributed by atoms with Crippen LogP contribution in [0, 0.1) is 13.8 Å². The first-order valence-electron chi connectivity index (χ1n) is 8.12. The molecule has 126 valence electrons. The van der Waals surface area contributed by atoms with Gasteiger partial charge in [0.2, 0.25) is 0 Å². The first-order valence-corrected chi connectivity index (χ1v) is 8.12. The molecule has 0 aliphatic carbocycles. The maximum absolute atomic E-state index is 11.9.